The van der Waals surface area contributed by atoms with Gasteiger partial charge >= 0.3 is 0 Å². The van der Waals surface area contributed by atoms with Gasteiger partial charge in [-0.05, 0) is 32.2 Å². The Morgan fingerprint density at radius 2 is 2.00 bits per heavy atom. The fraction of sp³-hybridized carbons (Fsp3) is 1.00. The first-order chi connectivity index (χ1) is 6.83. The van der Waals surface area contributed by atoms with E-state index in [2.05, 4.69) is 12.2 Å². The standard InChI is InChI=1S/C12H26N2/c1-11(10-13)14-9-5-8-12-6-3-2-4-7-12/h11-12,14H,2-10,13H2,1H3. The number of hydrogen-bond acceptors (Lipinski definition) is 2. The van der Waals surface area contributed by atoms with Gasteiger partial charge in [-0.25, -0.2) is 0 Å². The monoisotopic (exact) mass is 198 g/mol. The number of hydrogen-bond donors (Lipinski definition) is 2. The maximum atomic E-state index is 5.53. The molecule has 0 heterocycles. The van der Waals surface area contributed by atoms with Crippen molar-refractivity contribution in [1.29, 1.82) is 0 Å². The maximum absolute atomic E-state index is 5.53. The smallest absolute Gasteiger partial charge is 0.0161 e. The minimum absolute atomic E-state index is 0.487. The van der Waals surface area contributed by atoms with Gasteiger partial charge < -0.3 is 11.1 Å². The lowest BCUT2D eigenvalue weighted by Crippen LogP contribution is -2.33. The van der Waals surface area contributed by atoms with Gasteiger partial charge in [-0.3, -0.25) is 0 Å². The van der Waals surface area contributed by atoms with Gasteiger partial charge in [0.25, 0.3) is 0 Å². The van der Waals surface area contributed by atoms with Crippen LogP contribution in [0.25, 0.3) is 0 Å². The Morgan fingerprint density at radius 1 is 1.29 bits per heavy atom. The summed E-state index contributed by atoms with van der Waals surface area (Å²) in [5.41, 5.74) is 5.53. The van der Waals surface area contributed by atoms with Gasteiger partial charge in [0.05, 0.1) is 0 Å². The van der Waals surface area contributed by atoms with E-state index < -0.39 is 0 Å². The van der Waals surface area contributed by atoms with Crippen molar-refractivity contribution in [1.82, 2.24) is 5.32 Å². The summed E-state index contributed by atoms with van der Waals surface area (Å²) in [4.78, 5) is 0. The molecular weight excluding hydrogens is 172 g/mol. The van der Waals surface area contributed by atoms with Gasteiger partial charge in [-0.15, -0.1) is 0 Å². The molecule has 3 N–H and O–H groups in total. The average molecular weight is 198 g/mol. The quantitative estimate of drug-likeness (QED) is 0.643. The molecule has 84 valence electrons. The second-order valence-corrected chi connectivity index (χ2v) is 4.74. The molecule has 1 unspecified atom stereocenters. The van der Waals surface area contributed by atoms with Crippen LogP contribution >= 0.6 is 0 Å². The molecule has 1 atom stereocenters. The van der Waals surface area contributed by atoms with Crippen LogP contribution in [-0.2, 0) is 0 Å². The van der Waals surface area contributed by atoms with Gasteiger partial charge in [-0.2, -0.15) is 0 Å². The topological polar surface area (TPSA) is 38.0 Å². The minimum Gasteiger partial charge on any atom is -0.329 e. The molecule has 0 saturated heterocycles. The summed E-state index contributed by atoms with van der Waals surface area (Å²) < 4.78 is 0. The van der Waals surface area contributed by atoms with Crippen LogP contribution < -0.4 is 11.1 Å². The minimum atomic E-state index is 0.487. The summed E-state index contributed by atoms with van der Waals surface area (Å²) in [5.74, 6) is 1.03. The number of rotatable bonds is 6. The van der Waals surface area contributed by atoms with Crippen LogP contribution in [0.4, 0.5) is 0 Å². The van der Waals surface area contributed by atoms with Crippen molar-refractivity contribution in [3.05, 3.63) is 0 Å². The van der Waals surface area contributed by atoms with Gasteiger partial charge in [0.2, 0.25) is 0 Å². The molecule has 0 aromatic heterocycles. The number of nitrogens with one attached hydrogen (secondary N) is 1. The summed E-state index contributed by atoms with van der Waals surface area (Å²) in [7, 11) is 0. The highest BCUT2D eigenvalue weighted by molar-refractivity contribution is 4.67. The van der Waals surface area contributed by atoms with E-state index in [0.717, 1.165) is 19.0 Å². The molecule has 1 rings (SSSR count). The van der Waals surface area contributed by atoms with E-state index in [1.165, 1.54) is 44.9 Å². The summed E-state index contributed by atoms with van der Waals surface area (Å²) >= 11 is 0. The van der Waals surface area contributed by atoms with Crippen LogP contribution in [0.3, 0.4) is 0 Å². The van der Waals surface area contributed by atoms with Gasteiger partial charge in [0.15, 0.2) is 0 Å². The average Bonchev–Trinajstić information content (AvgIpc) is 2.25. The zero-order chi connectivity index (χ0) is 10.2. The van der Waals surface area contributed by atoms with E-state index in [9.17, 15) is 0 Å². The van der Waals surface area contributed by atoms with E-state index >= 15 is 0 Å². The molecule has 0 aromatic rings. The highest BCUT2D eigenvalue weighted by atomic mass is 14.9. The summed E-state index contributed by atoms with van der Waals surface area (Å²) in [6.45, 7) is 4.05. The second kappa shape index (κ2) is 7.24. The predicted molar refractivity (Wildman–Crippen MR) is 62.3 cm³/mol. The third-order valence-corrected chi connectivity index (χ3v) is 3.36. The molecule has 1 aliphatic rings. The van der Waals surface area contributed by atoms with Crippen molar-refractivity contribution in [2.45, 2.75) is 57.9 Å². The van der Waals surface area contributed by atoms with Crippen molar-refractivity contribution >= 4 is 0 Å². The molecule has 14 heavy (non-hydrogen) atoms. The van der Waals surface area contributed by atoms with Crippen LogP contribution in [0.1, 0.15) is 51.9 Å². The molecule has 2 nitrogen and oxygen atoms in total. The Labute approximate surface area is 88.6 Å². The largest absolute Gasteiger partial charge is 0.329 e. The maximum Gasteiger partial charge on any atom is 0.0161 e. The second-order valence-electron chi connectivity index (χ2n) is 4.74. The molecule has 0 aromatic carbocycles. The van der Waals surface area contributed by atoms with Gasteiger partial charge in [-0.1, -0.05) is 32.1 Å². The van der Waals surface area contributed by atoms with Crippen molar-refractivity contribution in [2.24, 2.45) is 11.7 Å². The molecule has 0 aliphatic heterocycles. The third kappa shape index (κ3) is 4.97. The SMILES string of the molecule is CC(CN)NCCCC1CCCCC1. The lowest BCUT2D eigenvalue weighted by Gasteiger charge is -2.21. The van der Waals surface area contributed by atoms with E-state index in [0.29, 0.717) is 6.04 Å². The predicted octanol–water partition coefficient (Wildman–Crippen LogP) is 2.28. The molecule has 0 spiro atoms. The first-order valence-corrected chi connectivity index (χ1v) is 6.26. The Hall–Kier alpha value is -0.0800. The molecule has 0 radical (unpaired) electrons. The lowest BCUT2D eigenvalue weighted by atomic mass is 9.86. The van der Waals surface area contributed by atoms with Crippen molar-refractivity contribution in [3.8, 4) is 0 Å². The third-order valence-electron chi connectivity index (χ3n) is 3.36. The Kier molecular flexibility index (Phi) is 6.20. The van der Waals surface area contributed by atoms with Crippen LogP contribution in [0.5, 0.6) is 0 Å². The van der Waals surface area contributed by atoms with E-state index in [4.69, 9.17) is 5.73 Å². The molecule has 0 bridgehead atoms. The Bertz CT molecular complexity index is 130. The van der Waals surface area contributed by atoms with Crippen LogP contribution in [0.2, 0.25) is 0 Å². The molecule has 0 amide bonds. The molecule has 2 heteroatoms. The first kappa shape index (κ1) is 12.0. The van der Waals surface area contributed by atoms with Crippen LogP contribution in [0, 0.1) is 5.92 Å². The van der Waals surface area contributed by atoms with Gasteiger partial charge in [0.1, 0.15) is 0 Å². The zero-order valence-corrected chi connectivity index (χ0v) is 9.60. The summed E-state index contributed by atoms with van der Waals surface area (Å²) in [6.07, 6.45) is 10.1. The van der Waals surface area contributed by atoms with Crippen molar-refractivity contribution in [3.63, 3.8) is 0 Å². The lowest BCUT2D eigenvalue weighted by molar-refractivity contribution is 0.328. The number of nitrogens with two attached hydrogens (primary N) is 1. The molecular formula is C12H26N2. The fourth-order valence-corrected chi connectivity index (χ4v) is 2.30. The highest BCUT2D eigenvalue weighted by Gasteiger charge is 2.12. The molecule has 1 aliphatic carbocycles. The van der Waals surface area contributed by atoms with Crippen molar-refractivity contribution in [2.75, 3.05) is 13.1 Å². The normalized spacial score (nSPS) is 21.0. The van der Waals surface area contributed by atoms with E-state index in [1.807, 2.05) is 0 Å². The zero-order valence-electron chi connectivity index (χ0n) is 9.60. The summed E-state index contributed by atoms with van der Waals surface area (Å²) in [6, 6.07) is 0.487. The van der Waals surface area contributed by atoms with Crippen molar-refractivity contribution < 1.29 is 0 Å². The highest BCUT2D eigenvalue weighted by Crippen LogP contribution is 2.26. The Morgan fingerprint density at radius 3 is 2.64 bits per heavy atom. The van der Waals surface area contributed by atoms with Crippen LogP contribution in [-0.4, -0.2) is 19.1 Å². The Balaban J connectivity index is 1.92. The van der Waals surface area contributed by atoms with Gasteiger partial charge in [0, 0.05) is 12.6 Å². The van der Waals surface area contributed by atoms with E-state index in [-0.39, 0.29) is 0 Å². The van der Waals surface area contributed by atoms with Crippen LogP contribution in [0.15, 0.2) is 0 Å². The van der Waals surface area contributed by atoms with E-state index in [1.54, 1.807) is 0 Å². The summed E-state index contributed by atoms with van der Waals surface area (Å²) in [5, 5.41) is 3.45. The molecule has 1 saturated carbocycles. The first-order valence-electron chi connectivity index (χ1n) is 6.26. The molecule has 1 fully saturated rings. The fourth-order valence-electron chi connectivity index (χ4n) is 2.30.